The summed E-state index contributed by atoms with van der Waals surface area (Å²) in [6, 6.07) is 8.70. The van der Waals surface area contributed by atoms with Gasteiger partial charge in [-0.3, -0.25) is 4.90 Å². The molecule has 1 aliphatic heterocycles. The Labute approximate surface area is 104 Å². The van der Waals surface area contributed by atoms with Crippen molar-refractivity contribution in [2.45, 2.75) is 45.3 Å². The number of hydrogen-bond acceptors (Lipinski definition) is 2. The molecule has 1 aromatic rings. The lowest BCUT2D eigenvalue weighted by molar-refractivity contribution is -0.0256. The monoisotopic (exact) mass is 233 g/mol. The van der Waals surface area contributed by atoms with Crippen molar-refractivity contribution in [3.05, 3.63) is 35.4 Å². The predicted molar refractivity (Wildman–Crippen MR) is 70.9 cm³/mol. The average Bonchev–Trinajstić information content (AvgIpc) is 2.33. The third kappa shape index (κ3) is 3.30. The fourth-order valence-corrected chi connectivity index (χ4v) is 2.55. The Balaban J connectivity index is 1.90. The van der Waals surface area contributed by atoms with Crippen LogP contribution in [-0.4, -0.2) is 28.7 Å². The van der Waals surface area contributed by atoms with Crippen LogP contribution in [0.25, 0.3) is 0 Å². The van der Waals surface area contributed by atoms with Crippen LogP contribution < -0.4 is 0 Å². The normalized spacial score (nSPS) is 20.4. The van der Waals surface area contributed by atoms with Crippen molar-refractivity contribution in [1.29, 1.82) is 0 Å². The zero-order valence-corrected chi connectivity index (χ0v) is 10.9. The maximum absolute atomic E-state index is 10.2. The Bertz CT molecular complexity index is 367. The second-order valence-corrected chi connectivity index (χ2v) is 5.34. The van der Waals surface area contributed by atoms with Crippen LogP contribution in [0.5, 0.6) is 0 Å². The summed E-state index contributed by atoms with van der Waals surface area (Å²) in [6.45, 7) is 7.25. The molecule has 1 aromatic carbocycles. The van der Waals surface area contributed by atoms with E-state index in [9.17, 15) is 5.11 Å². The molecule has 1 fully saturated rings. The van der Waals surface area contributed by atoms with Crippen molar-refractivity contribution in [1.82, 2.24) is 4.90 Å². The van der Waals surface area contributed by atoms with E-state index in [2.05, 4.69) is 43.0 Å². The molecule has 1 aliphatic rings. The van der Waals surface area contributed by atoms with Gasteiger partial charge in [-0.05, 0) is 31.7 Å². The van der Waals surface area contributed by atoms with Crippen LogP contribution in [0, 0.1) is 6.92 Å². The summed E-state index contributed by atoms with van der Waals surface area (Å²) in [5.74, 6) is 0. The van der Waals surface area contributed by atoms with Crippen LogP contribution in [0.2, 0.25) is 0 Å². The highest BCUT2D eigenvalue weighted by Crippen LogP contribution is 2.26. The maximum atomic E-state index is 10.2. The minimum Gasteiger partial charge on any atom is -0.390 e. The van der Waals surface area contributed by atoms with Crippen molar-refractivity contribution < 1.29 is 5.11 Å². The topological polar surface area (TPSA) is 23.5 Å². The number of rotatable bonds is 3. The molecule has 94 valence electrons. The molecule has 0 atom stereocenters. The number of aryl methyl sites for hydroxylation is 1. The van der Waals surface area contributed by atoms with Gasteiger partial charge in [0.2, 0.25) is 0 Å². The Hall–Kier alpha value is -0.860. The molecular weight excluding hydrogens is 210 g/mol. The molecule has 0 amide bonds. The standard InChI is InChI=1S/C15H23NO/c1-3-15(17)7-9-16(10-8-15)12-14-6-4-5-13(2)11-14/h4-6,11,17H,3,7-10,12H2,1-2H3. The van der Waals surface area contributed by atoms with Gasteiger partial charge in [-0.1, -0.05) is 36.8 Å². The summed E-state index contributed by atoms with van der Waals surface area (Å²) in [5, 5.41) is 10.2. The maximum Gasteiger partial charge on any atom is 0.0669 e. The van der Waals surface area contributed by atoms with Crippen LogP contribution in [0.1, 0.15) is 37.3 Å². The van der Waals surface area contributed by atoms with Gasteiger partial charge in [0.1, 0.15) is 0 Å². The Morgan fingerprint density at radius 3 is 2.59 bits per heavy atom. The fraction of sp³-hybridized carbons (Fsp3) is 0.600. The van der Waals surface area contributed by atoms with Crippen LogP contribution in [-0.2, 0) is 6.54 Å². The summed E-state index contributed by atoms with van der Waals surface area (Å²) in [6.07, 6.45) is 2.70. The smallest absolute Gasteiger partial charge is 0.0669 e. The molecular formula is C15H23NO. The lowest BCUT2D eigenvalue weighted by atomic mass is 9.89. The van der Waals surface area contributed by atoms with Gasteiger partial charge in [-0.2, -0.15) is 0 Å². The molecule has 2 heteroatoms. The third-order valence-corrected chi connectivity index (χ3v) is 3.93. The van der Waals surface area contributed by atoms with E-state index < -0.39 is 5.60 Å². The van der Waals surface area contributed by atoms with Gasteiger partial charge in [-0.15, -0.1) is 0 Å². The van der Waals surface area contributed by atoms with E-state index in [1.165, 1.54) is 11.1 Å². The molecule has 17 heavy (non-hydrogen) atoms. The molecule has 0 unspecified atom stereocenters. The highest BCUT2D eigenvalue weighted by atomic mass is 16.3. The van der Waals surface area contributed by atoms with E-state index in [4.69, 9.17) is 0 Å². The van der Waals surface area contributed by atoms with Crippen molar-refractivity contribution >= 4 is 0 Å². The highest BCUT2D eigenvalue weighted by molar-refractivity contribution is 5.22. The molecule has 1 saturated heterocycles. The van der Waals surface area contributed by atoms with Gasteiger partial charge in [0, 0.05) is 19.6 Å². The number of hydrogen-bond donors (Lipinski definition) is 1. The zero-order chi connectivity index (χ0) is 12.3. The molecule has 2 nitrogen and oxygen atoms in total. The zero-order valence-electron chi connectivity index (χ0n) is 10.9. The average molecular weight is 233 g/mol. The van der Waals surface area contributed by atoms with Crippen LogP contribution >= 0.6 is 0 Å². The molecule has 0 aromatic heterocycles. The Morgan fingerprint density at radius 1 is 1.29 bits per heavy atom. The summed E-state index contributed by atoms with van der Waals surface area (Å²) in [5.41, 5.74) is 2.31. The van der Waals surface area contributed by atoms with Gasteiger partial charge in [0.15, 0.2) is 0 Å². The number of aliphatic hydroxyl groups is 1. The first kappa shape index (κ1) is 12.6. The molecule has 0 radical (unpaired) electrons. The van der Waals surface area contributed by atoms with Gasteiger partial charge in [0.05, 0.1) is 5.60 Å². The van der Waals surface area contributed by atoms with Gasteiger partial charge >= 0.3 is 0 Å². The number of nitrogens with zero attached hydrogens (tertiary/aromatic N) is 1. The fourth-order valence-electron chi connectivity index (χ4n) is 2.55. The van der Waals surface area contributed by atoms with Gasteiger partial charge in [0.25, 0.3) is 0 Å². The first-order chi connectivity index (χ1) is 8.11. The summed E-state index contributed by atoms with van der Waals surface area (Å²) in [7, 11) is 0. The van der Waals surface area contributed by atoms with E-state index in [0.29, 0.717) is 0 Å². The quantitative estimate of drug-likeness (QED) is 0.867. The second kappa shape index (κ2) is 5.19. The second-order valence-electron chi connectivity index (χ2n) is 5.34. The SMILES string of the molecule is CCC1(O)CCN(Cc2cccc(C)c2)CC1. The Kier molecular flexibility index (Phi) is 3.85. The molecule has 0 saturated carbocycles. The molecule has 2 rings (SSSR count). The molecule has 1 N–H and O–H groups in total. The molecule has 0 aliphatic carbocycles. The van der Waals surface area contributed by atoms with Crippen LogP contribution in [0.15, 0.2) is 24.3 Å². The first-order valence-electron chi connectivity index (χ1n) is 6.61. The van der Waals surface area contributed by atoms with Gasteiger partial charge in [-0.25, -0.2) is 0 Å². The number of likely N-dealkylation sites (tertiary alicyclic amines) is 1. The molecule has 0 bridgehead atoms. The summed E-state index contributed by atoms with van der Waals surface area (Å²) in [4.78, 5) is 2.44. The van der Waals surface area contributed by atoms with Crippen molar-refractivity contribution in [2.75, 3.05) is 13.1 Å². The minimum atomic E-state index is -0.400. The largest absolute Gasteiger partial charge is 0.390 e. The molecule has 0 spiro atoms. The van der Waals surface area contributed by atoms with E-state index >= 15 is 0 Å². The lowest BCUT2D eigenvalue weighted by Gasteiger charge is -2.37. The first-order valence-corrected chi connectivity index (χ1v) is 6.61. The minimum absolute atomic E-state index is 0.400. The third-order valence-electron chi connectivity index (χ3n) is 3.93. The Morgan fingerprint density at radius 2 is 2.00 bits per heavy atom. The molecule has 1 heterocycles. The van der Waals surface area contributed by atoms with E-state index in [1.54, 1.807) is 0 Å². The summed E-state index contributed by atoms with van der Waals surface area (Å²) >= 11 is 0. The van der Waals surface area contributed by atoms with Crippen molar-refractivity contribution in [3.8, 4) is 0 Å². The number of piperidine rings is 1. The number of benzene rings is 1. The van der Waals surface area contributed by atoms with E-state index in [-0.39, 0.29) is 0 Å². The lowest BCUT2D eigenvalue weighted by Crippen LogP contribution is -2.43. The van der Waals surface area contributed by atoms with E-state index in [1.807, 2.05) is 0 Å². The van der Waals surface area contributed by atoms with Crippen molar-refractivity contribution in [2.24, 2.45) is 0 Å². The van der Waals surface area contributed by atoms with Crippen molar-refractivity contribution in [3.63, 3.8) is 0 Å². The highest BCUT2D eigenvalue weighted by Gasteiger charge is 2.30. The predicted octanol–water partition coefficient (Wildman–Crippen LogP) is 2.73. The summed E-state index contributed by atoms with van der Waals surface area (Å²) < 4.78 is 0. The van der Waals surface area contributed by atoms with Gasteiger partial charge < -0.3 is 5.11 Å². The van der Waals surface area contributed by atoms with E-state index in [0.717, 1.165) is 38.9 Å². The van der Waals surface area contributed by atoms with Crippen LogP contribution in [0.3, 0.4) is 0 Å². The van der Waals surface area contributed by atoms with Crippen LogP contribution in [0.4, 0.5) is 0 Å².